The van der Waals surface area contributed by atoms with Gasteiger partial charge in [0.2, 0.25) is 0 Å². The summed E-state index contributed by atoms with van der Waals surface area (Å²) in [5.74, 6) is 1.32. The first-order valence-electron chi connectivity index (χ1n) is 11.3. The molecule has 0 amide bonds. The number of halogens is 1. The molecule has 1 aromatic heterocycles. The van der Waals surface area contributed by atoms with Gasteiger partial charge in [0.05, 0.1) is 11.6 Å². The van der Waals surface area contributed by atoms with Gasteiger partial charge in [-0.3, -0.25) is 0 Å². The second kappa shape index (κ2) is 8.51. The number of benzene rings is 2. The largest absolute Gasteiger partial charge is 0.370 e. The molecule has 1 saturated carbocycles. The van der Waals surface area contributed by atoms with Gasteiger partial charge in [-0.1, -0.05) is 30.7 Å². The number of nitrogens with zero attached hydrogens (tertiary/aromatic N) is 2. The monoisotopic (exact) mass is 411 g/mol. The minimum Gasteiger partial charge on any atom is -0.370 e. The van der Waals surface area contributed by atoms with Gasteiger partial charge in [-0.05, 0) is 84.9 Å². The summed E-state index contributed by atoms with van der Waals surface area (Å²) in [6, 6.07) is 16.0. The maximum absolute atomic E-state index is 15.9. The lowest BCUT2D eigenvalue weighted by atomic mass is 9.76. The fraction of sp³-hybridized carbons (Fsp3) is 0.333. The fourth-order valence-corrected chi connectivity index (χ4v) is 4.72. The first-order valence-corrected chi connectivity index (χ1v) is 11.3. The Morgan fingerprint density at radius 1 is 1.06 bits per heavy atom. The van der Waals surface area contributed by atoms with Gasteiger partial charge >= 0.3 is 0 Å². The van der Waals surface area contributed by atoms with Crippen LogP contribution in [0.2, 0.25) is 0 Å². The van der Waals surface area contributed by atoms with Gasteiger partial charge in [0, 0.05) is 23.9 Å². The number of pyridine rings is 1. The van der Waals surface area contributed by atoms with Crippen LogP contribution in [-0.2, 0) is 19.3 Å². The van der Waals surface area contributed by atoms with Gasteiger partial charge in [0.1, 0.15) is 11.6 Å². The van der Waals surface area contributed by atoms with E-state index in [1.54, 1.807) is 6.20 Å². The topological polar surface area (TPSA) is 48.7 Å². The Kier molecular flexibility index (Phi) is 5.42. The number of nitrogens with one attached hydrogen (secondary N) is 1. The molecule has 4 heteroatoms. The van der Waals surface area contributed by atoms with Gasteiger partial charge in [0.15, 0.2) is 0 Å². The molecule has 1 aliphatic carbocycles. The first-order chi connectivity index (χ1) is 15.2. The van der Waals surface area contributed by atoms with Crippen molar-refractivity contribution in [1.29, 1.82) is 5.26 Å². The maximum atomic E-state index is 15.9. The predicted octanol–water partition coefficient (Wildman–Crippen LogP) is 6.17. The van der Waals surface area contributed by atoms with E-state index in [1.807, 2.05) is 30.3 Å². The number of fused-ring (bicyclic) bond motifs is 1. The Balaban J connectivity index is 1.48. The molecule has 0 atom stereocenters. The Morgan fingerprint density at radius 3 is 2.65 bits per heavy atom. The average molecular weight is 412 g/mol. The van der Waals surface area contributed by atoms with Crippen LogP contribution in [0.4, 0.5) is 10.2 Å². The van der Waals surface area contributed by atoms with Crippen molar-refractivity contribution >= 4 is 5.82 Å². The molecular formula is C27H26FN3. The Bertz CT molecular complexity index is 1140. The zero-order valence-electron chi connectivity index (χ0n) is 17.6. The van der Waals surface area contributed by atoms with E-state index in [0.717, 1.165) is 61.2 Å². The molecule has 1 fully saturated rings. The van der Waals surface area contributed by atoms with Crippen LogP contribution in [0.5, 0.6) is 0 Å². The van der Waals surface area contributed by atoms with E-state index < -0.39 is 0 Å². The second-order valence-corrected chi connectivity index (χ2v) is 8.69. The number of anilines is 1. The highest BCUT2D eigenvalue weighted by Crippen LogP contribution is 2.41. The summed E-state index contributed by atoms with van der Waals surface area (Å²) >= 11 is 0. The van der Waals surface area contributed by atoms with Crippen molar-refractivity contribution < 1.29 is 4.39 Å². The lowest BCUT2D eigenvalue weighted by Crippen LogP contribution is -2.14. The van der Waals surface area contributed by atoms with Gasteiger partial charge in [-0.25, -0.2) is 9.37 Å². The van der Waals surface area contributed by atoms with Crippen molar-refractivity contribution in [3.63, 3.8) is 0 Å². The lowest BCUT2D eigenvalue weighted by molar-refractivity contribution is 0.414. The van der Waals surface area contributed by atoms with E-state index in [9.17, 15) is 0 Å². The van der Waals surface area contributed by atoms with E-state index >= 15 is 4.39 Å². The molecule has 2 aliphatic rings. The second-order valence-electron chi connectivity index (χ2n) is 8.69. The molecule has 0 spiro atoms. The lowest BCUT2D eigenvalue weighted by Gasteiger charge is -2.29. The molecule has 0 saturated heterocycles. The molecule has 156 valence electrons. The number of hydrogen-bond acceptors (Lipinski definition) is 3. The van der Waals surface area contributed by atoms with Crippen LogP contribution in [0.25, 0.3) is 11.1 Å². The van der Waals surface area contributed by atoms with E-state index in [-0.39, 0.29) is 5.82 Å². The van der Waals surface area contributed by atoms with Crippen molar-refractivity contribution in [2.24, 2.45) is 0 Å². The molecule has 0 unspecified atom stereocenters. The highest BCUT2D eigenvalue weighted by atomic mass is 19.1. The standard InChI is InChI=1S/C27H26FN3/c28-26-24(22-15-21-5-2-14-30-27(21)31-17-22)13-12-23(20-3-1-4-20)25(26)11-10-18-6-8-19(16-29)9-7-18/h6-9,12-13,15,17,20H,1-5,10-11,14H2,(H,30,31). The third kappa shape index (κ3) is 3.93. The van der Waals surface area contributed by atoms with Crippen molar-refractivity contribution in [3.8, 4) is 17.2 Å². The van der Waals surface area contributed by atoms with Crippen LogP contribution in [-0.4, -0.2) is 11.5 Å². The van der Waals surface area contributed by atoms with Crippen LogP contribution >= 0.6 is 0 Å². The van der Waals surface area contributed by atoms with Crippen LogP contribution in [0.3, 0.4) is 0 Å². The summed E-state index contributed by atoms with van der Waals surface area (Å²) in [6.45, 7) is 0.948. The zero-order valence-corrected chi connectivity index (χ0v) is 17.6. The Hall–Kier alpha value is -3.19. The Labute approximate surface area is 183 Å². The third-order valence-electron chi connectivity index (χ3n) is 6.76. The molecule has 0 bridgehead atoms. The summed E-state index contributed by atoms with van der Waals surface area (Å²) in [7, 11) is 0. The van der Waals surface area contributed by atoms with Gasteiger partial charge < -0.3 is 5.32 Å². The summed E-state index contributed by atoms with van der Waals surface area (Å²) in [4.78, 5) is 4.56. The normalized spacial score (nSPS) is 15.5. The summed E-state index contributed by atoms with van der Waals surface area (Å²) in [5.41, 5.74) is 6.49. The highest BCUT2D eigenvalue weighted by Gasteiger charge is 2.25. The van der Waals surface area contributed by atoms with Crippen molar-refractivity contribution in [2.75, 3.05) is 11.9 Å². The molecule has 2 heterocycles. The summed E-state index contributed by atoms with van der Waals surface area (Å²) in [5, 5.41) is 12.3. The molecule has 2 aromatic carbocycles. The minimum atomic E-state index is -0.0939. The van der Waals surface area contributed by atoms with Crippen molar-refractivity contribution in [1.82, 2.24) is 4.98 Å². The van der Waals surface area contributed by atoms with E-state index in [4.69, 9.17) is 5.26 Å². The molecule has 3 nitrogen and oxygen atoms in total. The van der Waals surface area contributed by atoms with Crippen LogP contribution in [0.15, 0.2) is 48.7 Å². The molecule has 5 rings (SSSR count). The number of aromatic nitrogens is 1. The van der Waals surface area contributed by atoms with Crippen molar-refractivity contribution in [2.45, 2.75) is 50.9 Å². The van der Waals surface area contributed by atoms with Gasteiger partial charge in [-0.2, -0.15) is 5.26 Å². The molecular weight excluding hydrogens is 385 g/mol. The van der Waals surface area contributed by atoms with Gasteiger partial charge in [-0.15, -0.1) is 0 Å². The highest BCUT2D eigenvalue weighted by molar-refractivity contribution is 5.68. The summed E-state index contributed by atoms with van der Waals surface area (Å²) in [6.07, 6.45) is 8.81. The molecule has 1 N–H and O–H groups in total. The molecule has 31 heavy (non-hydrogen) atoms. The SMILES string of the molecule is N#Cc1ccc(CCc2c(C3CCC3)ccc(-c3cnc4c(c3)CCCN4)c2F)cc1. The van der Waals surface area contributed by atoms with Gasteiger partial charge in [0.25, 0.3) is 0 Å². The number of hydrogen-bond donors (Lipinski definition) is 1. The number of aryl methyl sites for hydroxylation is 2. The van der Waals surface area contributed by atoms with Crippen LogP contribution < -0.4 is 5.32 Å². The first kappa shape index (κ1) is 19.8. The van der Waals surface area contributed by atoms with E-state index in [0.29, 0.717) is 23.5 Å². The maximum Gasteiger partial charge on any atom is 0.134 e. The van der Waals surface area contributed by atoms with E-state index in [2.05, 4.69) is 28.5 Å². The molecule has 0 radical (unpaired) electrons. The number of rotatable bonds is 5. The average Bonchev–Trinajstić information content (AvgIpc) is 2.78. The minimum absolute atomic E-state index is 0.0939. The number of nitriles is 1. The quantitative estimate of drug-likeness (QED) is 0.546. The Morgan fingerprint density at radius 2 is 1.90 bits per heavy atom. The van der Waals surface area contributed by atoms with Crippen LogP contribution in [0.1, 0.15) is 59.4 Å². The molecule has 3 aromatic rings. The zero-order chi connectivity index (χ0) is 21.2. The van der Waals surface area contributed by atoms with Crippen molar-refractivity contribution in [3.05, 3.63) is 82.3 Å². The smallest absolute Gasteiger partial charge is 0.134 e. The van der Waals surface area contributed by atoms with Crippen LogP contribution in [0, 0.1) is 17.1 Å². The van der Waals surface area contributed by atoms with E-state index in [1.165, 1.54) is 17.5 Å². The third-order valence-corrected chi connectivity index (χ3v) is 6.76. The fourth-order valence-electron chi connectivity index (χ4n) is 4.72. The predicted molar refractivity (Wildman–Crippen MR) is 122 cm³/mol. The molecule has 1 aliphatic heterocycles. The summed E-state index contributed by atoms with van der Waals surface area (Å²) < 4.78 is 15.9.